The minimum atomic E-state index is -0.690. The Bertz CT molecular complexity index is 1070. The number of rotatable bonds is 11. The first-order valence-electron chi connectivity index (χ1n) is 12.3. The van der Waals surface area contributed by atoms with E-state index < -0.39 is 11.9 Å². The second-order valence-electron chi connectivity index (χ2n) is 8.87. The molecule has 0 spiro atoms. The number of hydrogen-bond donors (Lipinski definition) is 2. The minimum Gasteiger partial charge on any atom is -0.353 e. The highest BCUT2D eigenvalue weighted by molar-refractivity contribution is 5.88. The summed E-state index contributed by atoms with van der Waals surface area (Å²) in [5.74, 6) is -0.220. The summed E-state index contributed by atoms with van der Waals surface area (Å²) in [6.45, 7) is 8.20. The number of benzene rings is 1. The molecule has 1 aliphatic rings. The first-order valence-corrected chi connectivity index (χ1v) is 12.3. The molecule has 1 saturated heterocycles. The predicted molar refractivity (Wildman–Crippen MR) is 137 cm³/mol. The number of aryl methyl sites for hydroxylation is 1. The third kappa shape index (κ3) is 8.18. The number of anilines is 1. The van der Waals surface area contributed by atoms with Gasteiger partial charge in [-0.05, 0) is 62.1 Å². The second-order valence-corrected chi connectivity index (χ2v) is 8.87. The number of nitrogens with zero attached hydrogens (tertiary/aromatic N) is 3. The van der Waals surface area contributed by atoms with Gasteiger partial charge in [-0.2, -0.15) is 0 Å². The van der Waals surface area contributed by atoms with Crippen LogP contribution in [0, 0.1) is 12.7 Å². The molecule has 0 aliphatic carbocycles. The Labute approximate surface area is 211 Å². The van der Waals surface area contributed by atoms with Crippen molar-refractivity contribution in [3.05, 3.63) is 72.2 Å². The lowest BCUT2D eigenvalue weighted by Crippen LogP contribution is -2.55. The number of halogens is 1. The van der Waals surface area contributed by atoms with Gasteiger partial charge in [0.1, 0.15) is 17.7 Å². The van der Waals surface area contributed by atoms with E-state index in [0.717, 1.165) is 11.5 Å². The molecule has 2 heterocycles. The molecule has 192 valence electrons. The normalized spacial score (nSPS) is 14.2. The van der Waals surface area contributed by atoms with Crippen molar-refractivity contribution in [1.82, 2.24) is 20.5 Å². The average Bonchev–Trinajstić information content (AvgIpc) is 2.87. The predicted octanol–water partition coefficient (Wildman–Crippen LogP) is 2.38. The van der Waals surface area contributed by atoms with Crippen LogP contribution in [0.4, 0.5) is 10.2 Å². The summed E-state index contributed by atoms with van der Waals surface area (Å²) in [4.78, 5) is 45.9. The maximum Gasteiger partial charge on any atom is 0.245 e. The lowest BCUT2D eigenvalue weighted by Gasteiger charge is -2.37. The Kier molecular flexibility index (Phi) is 9.97. The molecule has 0 radical (unpaired) electrons. The number of unbranched alkanes of at least 4 members (excludes halogenated alkanes) is 1. The van der Waals surface area contributed by atoms with Gasteiger partial charge in [-0.3, -0.25) is 14.4 Å². The fourth-order valence-electron chi connectivity index (χ4n) is 4.17. The van der Waals surface area contributed by atoms with E-state index in [-0.39, 0.29) is 24.1 Å². The molecule has 1 aromatic heterocycles. The Balaban J connectivity index is 1.58. The molecule has 3 rings (SSSR count). The summed E-state index contributed by atoms with van der Waals surface area (Å²) < 4.78 is 13.5. The highest BCUT2D eigenvalue weighted by atomic mass is 19.1. The lowest BCUT2D eigenvalue weighted by molar-refractivity contribution is -0.136. The van der Waals surface area contributed by atoms with Gasteiger partial charge in [-0.15, -0.1) is 0 Å². The SMILES string of the molecule is C=CC(=O)NCCCC[C@H](NC(=O)Cc1cccc(F)c1)C(=O)N1CCN(c2cccc(C)n2)CC1. The van der Waals surface area contributed by atoms with Crippen LogP contribution >= 0.6 is 0 Å². The number of carbonyl (C=O) groups is 3. The van der Waals surface area contributed by atoms with Crippen LogP contribution in [-0.2, 0) is 20.8 Å². The van der Waals surface area contributed by atoms with Crippen molar-refractivity contribution in [3.63, 3.8) is 0 Å². The first-order chi connectivity index (χ1) is 17.4. The van der Waals surface area contributed by atoms with Crippen molar-refractivity contribution in [2.45, 2.75) is 38.6 Å². The van der Waals surface area contributed by atoms with Crippen LogP contribution < -0.4 is 15.5 Å². The summed E-state index contributed by atoms with van der Waals surface area (Å²) in [5.41, 5.74) is 1.49. The monoisotopic (exact) mass is 495 g/mol. The molecule has 8 nitrogen and oxygen atoms in total. The number of carbonyl (C=O) groups excluding carboxylic acids is 3. The van der Waals surface area contributed by atoms with Crippen LogP contribution in [0.1, 0.15) is 30.5 Å². The second kappa shape index (κ2) is 13.4. The number of aromatic nitrogens is 1. The van der Waals surface area contributed by atoms with E-state index in [2.05, 4.69) is 27.1 Å². The van der Waals surface area contributed by atoms with E-state index in [1.54, 1.807) is 17.0 Å². The molecule has 0 saturated carbocycles. The summed E-state index contributed by atoms with van der Waals surface area (Å²) in [7, 11) is 0. The van der Waals surface area contributed by atoms with E-state index in [1.165, 1.54) is 18.2 Å². The van der Waals surface area contributed by atoms with Crippen molar-refractivity contribution < 1.29 is 18.8 Å². The van der Waals surface area contributed by atoms with Crippen molar-refractivity contribution in [2.24, 2.45) is 0 Å². The maximum atomic E-state index is 13.5. The standard InChI is InChI=1S/C27H34FN5O3/c1-3-25(34)29-13-5-4-11-23(31-26(35)19-21-9-7-10-22(28)18-21)27(36)33-16-14-32(15-17-33)24-12-6-8-20(2)30-24/h3,6-10,12,18,23H,1,4-5,11,13-17,19H2,2H3,(H,29,34)(H,31,35)/t23-/m0/s1. The molecule has 1 fully saturated rings. The zero-order chi connectivity index (χ0) is 25.9. The van der Waals surface area contributed by atoms with Crippen molar-refractivity contribution >= 4 is 23.5 Å². The molecule has 1 aromatic carbocycles. The summed E-state index contributed by atoms with van der Waals surface area (Å²) >= 11 is 0. The topological polar surface area (TPSA) is 94.6 Å². The largest absolute Gasteiger partial charge is 0.353 e. The van der Waals surface area contributed by atoms with Gasteiger partial charge in [-0.1, -0.05) is 24.8 Å². The van der Waals surface area contributed by atoms with Gasteiger partial charge >= 0.3 is 0 Å². The summed E-state index contributed by atoms with van der Waals surface area (Å²) in [6, 6.07) is 11.1. The molecule has 1 aliphatic heterocycles. The van der Waals surface area contributed by atoms with Crippen LogP contribution in [0.3, 0.4) is 0 Å². The molecule has 0 unspecified atom stereocenters. The van der Waals surface area contributed by atoms with Crippen molar-refractivity contribution in [3.8, 4) is 0 Å². The number of pyridine rings is 1. The van der Waals surface area contributed by atoms with Crippen LogP contribution in [0.15, 0.2) is 55.1 Å². The minimum absolute atomic E-state index is 0.0102. The summed E-state index contributed by atoms with van der Waals surface area (Å²) in [6.07, 6.45) is 2.95. The van der Waals surface area contributed by atoms with Gasteiger partial charge in [0.25, 0.3) is 0 Å². The molecule has 2 N–H and O–H groups in total. The molecule has 36 heavy (non-hydrogen) atoms. The molecular formula is C27H34FN5O3. The van der Waals surface area contributed by atoms with E-state index in [0.29, 0.717) is 57.5 Å². The van der Waals surface area contributed by atoms with E-state index >= 15 is 0 Å². The van der Waals surface area contributed by atoms with Gasteiger partial charge in [-0.25, -0.2) is 9.37 Å². The fraction of sp³-hybridized carbons (Fsp3) is 0.407. The van der Waals surface area contributed by atoms with Crippen LogP contribution in [0.25, 0.3) is 0 Å². The Morgan fingerprint density at radius 1 is 1.11 bits per heavy atom. The summed E-state index contributed by atoms with van der Waals surface area (Å²) in [5, 5.41) is 5.58. The highest BCUT2D eigenvalue weighted by Crippen LogP contribution is 2.16. The molecule has 9 heteroatoms. The molecule has 0 bridgehead atoms. The molecule has 2 aromatic rings. The number of amides is 3. The number of piperazine rings is 1. The first kappa shape index (κ1) is 26.8. The van der Waals surface area contributed by atoms with Gasteiger partial charge in [0, 0.05) is 38.4 Å². The van der Waals surface area contributed by atoms with Gasteiger partial charge < -0.3 is 20.4 Å². The molecule has 1 atom stereocenters. The van der Waals surface area contributed by atoms with Crippen LogP contribution in [0.2, 0.25) is 0 Å². The van der Waals surface area contributed by atoms with Crippen molar-refractivity contribution in [2.75, 3.05) is 37.6 Å². The average molecular weight is 496 g/mol. The Morgan fingerprint density at radius 3 is 2.56 bits per heavy atom. The lowest BCUT2D eigenvalue weighted by atomic mass is 10.1. The van der Waals surface area contributed by atoms with Gasteiger partial charge in [0.05, 0.1) is 6.42 Å². The smallest absolute Gasteiger partial charge is 0.245 e. The highest BCUT2D eigenvalue weighted by Gasteiger charge is 2.29. The van der Waals surface area contributed by atoms with Gasteiger partial charge in [0.2, 0.25) is 17.7 Å². The van der Waals surface area contributed by atoms with Crippen LogP contribution in [0.5, 0.6) is 0 Å². The van der Waals surface area contributed by atoms with Gasteiger partial charge in [0.15, 0.2) is 0 Å². The van der Waals surface area contributed by atoms with Crippen LogP contribution in [-0.4, -0.2) is 66.4 Å². The quantitative estimate of drug-likeness (QED) is 0.369. The zero-order valence-corrected chi connectivity index (χ0v) is 20.7. The number of nitrogens with one attached hydrogen (secondary N) is 2. The van der Waals surface area contributed by atoms with E-state index in [4.69, 9.17) is 0 Å². The molecular weight excluding hydrogens is 461 g/mol. The third-order valence-corrected chi connectivity index (χ3v) is 6.08. The van der Waals surface area contributed by atoms with E-state index in [1.807, 2.05) is 25.1 Å². The zero-order valence-electron chi connectivity index (χ0n) is 20.7. The number of hydrogen-bond acceptors (Lipinski definition) is 5. The maximum absolute atomic E-state index is 13.5. The Hall–Kier alpha value is -3.75. The fourth-order valence-corrected chi connectivity index (χ4v) is 4.17. The molecule has 3 amide bonds. The van der Waals surface area contributed by atoms with E-state index in [9.17, 15) is 18.8 Å². The Morgan fingerprint density at radius 2 is 1.86 bits per heavy atom. The van der Waals surface area contributed by atoms with Crippen molar-refractivity contribution in [1.29, 1.82) is 0 Å². The third-order valence-electron chi connectivity index (χ3n) is 6.08.